The number of nitrogens with two attached hydrogens (primary N) is 1. The standard InChI is InChI=1S/C8H19NO2/c1-5(2)4-7(10)8(11)6(3)9/h5-8,10-11H,4,9H2,1-3H3. The Labute approximate surface area is 68.2 Å². The van der Waals surface area contributed by atoms with E-state index in [-0.39, 0.29) is 6.04 Å². The van der Waals surface area contributed by atoms with E-state index >= 15 is 0 Å². The van der Waals surface area contributed by atoms with E-state index in [9.17, 15) is 10.2 Å². The minimum absolute atomic E-state index is 0.358. The monoisotopic (exact) mass is 161 g/mol. The summed E-state index contributed by atoms with van der Waals surface area (Å²) in [6, 6.07) is -0.358. The topological polar surface area (TPSA) is 66.5 Å². The molecule has 4 N–H and O–H groups in total. The molecular weight excluding hydrogens is 142 g/mol. The molecule has 0 radical (unpaired) electrons. The van der Waals surface area contributed by atoms with Crippen molar-refractivity contribution in [2.24, 2.45) is 11.7 Å². The van der Waals surface area contributed by atoms with Crippen LogP contribution in [0.15, 0.2) is 0 Å². The maximum atomic E-state index is 9.33. The maximum absolute atomic E-state index is 9.33. The molecule has 0 aliphatic rings. The van der Waals surface area contributed by atoms with Gasteiger partial charge in [-0.2, -0.15) is 0 Å². The van der Waals surface area contributed by atoms with E-state index in [0.29, 0.717) is 12.3 Å². The van der Waals surface area contributed by atoms with Crippen LogP contribution in [0.25, 0.3) is 0 Å². The van der Waals surface area contributed by atoms with Crippen molar-refractivity contribution in [1.29, 1.82) is 0 Å². The summed E-state index contributed by atoms with van der Waals surface area (Å²) in [7, 11) is 0. The van der Waals surface area contributed by atoms with Crippen LogP contribution in [-0.4, -0.2) is 28.5 Å². The number of hydrogen-bond acceptors (Lipinski definition) is 3. The lowest BCUT2D eigenvalue weighted by Crippen LogP contribution is -2.41. The summed E-state index contributed by atoms with van der Waals surface area (Å²) in [5.41, 5.74) is 5.40. The van der Waals surface area contributed by atoms with Gasteiger partial charge in [-0.05, 0) is 19.3 Å². The van der Waals surface area contributed by atoms with Crippen LogP contribution >= 0.6 is 0 Å². The molecule has 0 spiro atoms. The first-order valence-corrected chi connectivity index (χ1v) is 4.06. The van der Waals surface area contributed by atoms with Gasteiger partial charge in [0.1, 0.15) is 0 Å². The van der Waals surface area contributed by atoms with Crippen LogP contribution in [0.3, 0.4) is 0 Å². The normalized spacial score (nSPS) is 19.9. The van der Waals surface area contributed by atoms with E-state index in [0.717, 1.165) is 0 Å². The Morgan fingerprint density at radius 2 is 1.64 bits per heavy atom. The van der Waals surface area contributed by atoms with Crippen molar-refractivity contribution in [3.63, 3.8) is 0 Å². The minimum Gasteiger partial charge on any atom is -0.390 e. The first-order valence-electron chi connectivity index (χ1n) is 4.06. The van der Waals surface area contributed by atoms with Gasteiger partial charge >= 0.3 is 0 Å². The fourth-order valence-corrected chi connectivity index (χ4v) is 0.973. The van der Waals surface area contributed by atoms with E-state index in [1.165, 1.54) is 0 Å². The third-order valence-corrected chi connectivity index (χ3v) is 1.65. The molecule has 11 heavy (non-hydrogen) atoms. The molecule has 0 saturated heterocycles. The van der Waals surface area contributed by atoms with Crippen molar-refractivity contribution in [1.82, 2.24) is 0 Å². The average molecular weight is 161 g/mol. The zero-order chi connectivity index (χ0) is 9.02. The highest BCUT2D eigenvalue weighted by atomic mass is 16.3. The van der Waals surface area contributed by atoms with Gasteiger partial charge < -0.3 is 15.9 Å². The molecule has 0 rings (SSSR count). The van der Waals surface area contributed by atoms with Crippen LogP contribution < -0.4 is 5.73 Å². The predicted molar refractivity (Wildman–Crippen MR) is 45.1 cm³/mol. The van der Waals surface area contributed by atoms with Crippen molar-refractivity contribution in [3.8, 4) is 0 Å². The van der Waals surface area contributed by atoms with Gasteiger partial charge in [-0.25, -0.2) is 0 Å². The summed E-state index contributed by atoms with van der Waals surface area (Å²) in [5, 5.41) is 18.6. The number of aliphatic hydroxyl groups is 2. The second-order valence-corrected chi connectivity index (χ2v) is 3.55. The summed E-state index contributed by atoms with van der Waals surface area (Å²) >= 11 is 0. The summed E-state index contributed by atoms with van der Waals surface area (Å²) < 4.78 is 0. The third kappa shape index (κ3) is 4.35. The highest BCUT2D eigenvalue weighted by Gasteiger charge is 2.20. The third-order valence-electron chi connectivity index (χ3n) is 1.65. The van der Waals surface area contributed by atoms with Crippen LogP contribution in [0.4, 0.5) is 0 Å². The van der Waals surface area contributed by atoms with E-state index in [4.69, 9.17) is 5.73 Å². The molecule has 0 saturated carbocycles. The molecule has 3 unspecified atom stereocenters. The summed E-state index contributed by atoms with van der Waals surface area (Å²) in [4.78, 5) is 0. The molecule has 0 heterocycles. The van der Waals surface area contributed by atoms with Gasteiger partial charge in [-0.15, -0.1) is 0 Å². The van der Waals surface area contributed by atoms with Crippen molar-refractivity contribution in [2.75, 3.05) is 0 Å². The van der Waals surface area contributed by atoms with Crippen LogP contribution in [-0.2, 0) is 0 Å². The lowest BCUT2D eigenvalue weighted by Gasteiger charge is -2.22. The fraction of sp³-hybridized carbons (Fsp3) is 1.00. The molecular formula is C8H19NO2. The zero-order valence-corrected chi connectivity index (χ0v) is 7.49. The zero-order valence-electron chi connectivity index (χ0n) is 7.49. The second kappa shape index (κ2) is 4.70. The Balaban J connectivity index is 3.73. The van der Waals surface area contributed by atoms with Crippen LogP contribution in [0.5, 0.6) is 0 Å². The van der Waals surface area contributed by atoms with Gasteiger partial charge in [-0.3, -0.25) is 0 Å². The lowest BCUT2D eigenvalue weighted by molar-refractivity contribution is -0.00341. The largest absolute Gasteiger partial charge is 0.390 e. The van der Waals surface area contributed by atoms with Crippen molar-refractivity contribution >= 4 is 0 Å². The Hall–Kier alpha value is -0.120. The molecule has 0 aromatic rings. The lowest BCUT2D eigenvalue weighted by atomic mass is 9.98. The van der Waals surface area contributed by atoms with Crippen LogP contribution in [0, 0.1) is 5.92 Å². The van der Waals surface area contributed by atoms with E-state index < -0.39 is 12.2 Å². The maximum Gasteiger partial charge on any atom is 0.0946 e. The summed E-state index contributed by atoms with van der Waals surface area (Å²) in [6.07, 6.45) is -0.879. The predicted octanol–water partition coefficient (Wildman–Crippen LogP) is 0.102. The molecule has 0 aliphatic carbocycles. The quantitative estimate of drug-likeness (QED) is 0.548. The molecule has 0 amide bonds. The molecule has 0 fully saturated rings. The van der Waals surface area contributed by atoms with Gasteiger partial charge in [-0.1, -0.05) is 13.8 Å². The molecule has 3 nitrogen and oxygen atoms in total. The molecule has 0 aliphatic heterocycles. The Bertz CT molecular complexity index is 104. The van der Waals surface area contributed by atoms with Gasteiger partial charge in [0.2, 0.25) is 0 Å². The first-order chi connectivity index (χ1) is 4.95. The van der Waals surface area contributed by atoms with Crippen molar-refractivity contribution < 1.29 is 10.2 Å². The molecule has 0 aromatic carbocycles. The molecule has 0 aromatic heterocycles. The van der Waals surface area contributed by atoms with Crippen molar-refractivity contribution in [3.05, 3.63) is 0 Å². The van der Waals surface area contributed by atoms with Gasteiger partial charge in [0.15, 0.2) is 0 Å². The Morgan fingerprint density at radius 3 is 1.91 bits per heavy atom. The summed E-state index contributed by atoms with van der Waals surface area (Å²) in [6.45, 7) is 5.68. The smallest absolute Gasteiger partial charge is 0.0946 e. The molecule has 68 valence electrons. The van der Waals surface area contributed by atoms with Crippen molar-refractivity contribution in [2.45, 2.75) is 45.4 Å². The van der Waals surface area contributed by atoms with Crippen LogP contribution in [0.1, 0.15) is 27.2 Å². The van der Waals surface area contributed by atoms with E-state index in [2.05, 4.69) is 0 Å². The fourth-order valence-electron chi connectivity index (χ4n) is 0.973. The Kier molecular flexibility index (Phi) is 4.65. The van der Waals surface area contributed by atoms with Gasteiger partial charge in [0.25, 0.3) is 0 Å². The molecule has 0 bridgehead atoms. The number of aliphatic hydroxyl groups excluding tert-OH is 2. The van der Waals surface area contributed by atoms with Gasteiger partial charge in [0.05, 0.1) is 12.2 Å². The first kappa shape index (κ1) is 10.9. The summed E-state index contributed by atoms with van der Waals surface area (Å²) in [5.74, 6) is 0.387. The Morgan fingerprint density at radius 1 is 1.18 bits per heavy atom. The highest BCUT2D eigenvalue weighted by molar-refractivity contribution is 4.75. The molecule has 3 atom stereocenters. The number of hydrogen-bond donors (Lipinski definition) is 3. The van der Waals surface area contributed by atoms with Crippen LogP contribution in [0.2, 0.25) is 0 Å². The minimum atomic E-state index is -0.794. The van der Waals surface area contributed by atoms with E-state index in [1.54, 1.807) is 6.92 Å². The average Bonchev–Trinajstić information content (AvgIpc) is 1.84. The van der Waals surface area contributed by atoms with Gasteiger partial charge in [0, 0.05) is 6.04 Å². The molecule has 3 heteroatoms. The second-order valence-electron chi connectivity index (χ2n) is 3.55. The highest BCUT2D eigenvalue weighted by Crippen LogP contribution is 2.09. The SMILES string of the molecule is CC(C)CC(O)C(O)C(C)N. The van der Waals surface area contributed by atoms with E-state index in [1.807, 2.05) is 13.8 Å². The number of rotatable bonds is 4.